The number of fused-ring (bicyclic) bond motifs is 1. The molecule has 1 aromatic carbocycles. The Bertz CT molecular complexity index is 776. The molecule has 2 aromatic rings. The highest BCUT2D eigenvalue weighted by atomic mass is 19.1. The van der Waals surface area contributed by atoms with Crippen LogP contribution in [0.25, 0.3) is 0 Å². The number of aromatic nitrogens is 1. The number of likely N-dealkylation sites (tertiary alicyclic amines) is 1. The van der Waals surface area contributed by atoms with Crippen LogP contribution in [0.1, 0.15) is 29.9 Å². The first-order chi connectivity index (χ1) is 13.3. The van der Waals surface area contributed by atoms with Gasteiger partial charge in [0.25, 0.3) is 0 Å². The number of benzene rings is 1. The monoisotopic (exact) mass is 370 g/mol. The fraction of sp³-hybridized carbons (Fsp3) is 0.571. The fourth-order valence-electron chi connectivity index (χ4n) is 4.68. The van der Waals surface area contributed by atoms with E-state index < -0.39 is 0 Å². The molecule has 0 amide bonds. The van der Waals surface area contributed by atoms with E-state index in [0.29, 0.717) is 6.04 Å². The molecule has 1 aromatic heterocycles. The third-order valence-electron chi connectivity index (χ3n) is 6.37. The van der Waals surface area contributed by atoms with Crippen molar-refractivity contribution in [3.05, 3.63) is 47.1 Å². The van der Waals surface area contributed by atoms with Gasteiger partial charge in [-0.05, 0) is 43.5 Å². The normalized spacial score (nSPS) is 21.9. The topological polar surface area (TPSA) is 35.8 Å². The maximum Gasteiger partial charge on any atom is 0.140 e. The predicted octanol–water partition coefficient (Wildman–Crippen LogP) is 2.70. The minimum absolute atomic E-state index is 0.166. The molecule has 3 aliphatic rings. The van der Waals surface area contributed by atoms with Crippen molar-refractivity contribution in [2.75, 3.05) is 44.2 Å². The molecule has 6 heteroatoms. The maximum absolute atomic E-state index is 13.1. The molecule has 5 nitrogen and oxygen atoms in total. The summed E-state index contributed by atoms with van der Waals surface area (Å²) in [6.07, 6.45) is 4.69. The van der Waals surface area contributed by atoms with E-state index in [4.69, 9.17) is 4.52 Å². The zero-order valence-electron chi connectivity index (χ0n) is 15.7. The van der Waals surface area contributed by atoms with Crippen molar-refractivity contribution >= 4 is 5.69 Å². The average molecular weight is 370 g/mol. The molecule has 0 unspecified atom stereocenters. The van der Waals surface area contributed by atoms with E-state index in [0.717, 1.165) is 70.1 Å². The number of anilines is 1. The Hall–Kier alpha value is -1.92. The highest BCUT2D eigenvalue weighted by Crippen LogP contribution is 2.27. The van der Waals surface area contributed by atoms with Gasteiger partial charge in [0.1, 0.15) is 17.3 Å². The molecule has 3 heterocycles. The van der Waals surface area contributed by atoms with E-state index in [-0.39, 0.29) is 5.82 Å². The molecule has 0 spiro atoms. The van der Waals surface area contributed by atoms with Gasteiger partial charge in [-0.1, -0.05) is 5.16 Å². The first-order valence-corrected chi connectivity index (χ1v) is 10.2. The van der Waals surface area contributed by atoms with Crippen molar-refractivity contribution < 1.29 is 8.91 Å². The number of halogens is 1. The molecule has 0 radical (unpaired) electrons. The molecule has 2 fully saturated rings. The first-order valence-electron chi connectivity index (χ1n) is 10.2. The van der Waals surface area contributed by atoms with Gasteiger partial charge < -0.3 is 9.42 Å². The molecule has 0 bridgehead atoms. The van der Waals surface area contributed by atoms with Crippen LogP contribution < -0.4 is 4.90 Å². The first kappa shape index (κ1) is 17.2. The summed E-state index contributed by atoms with van der Waals surface area (Å²) in [5, 5.41) is 4.34. The van der Waals surface area contributed by atoms with Gasteiger partial charge in [-0.2, -0.15) is 0 Å². The zero-order valence-corrected chi connectivity index (χ0v) is 15.7. The van der Waals surface area contributed by atoms with E-state index in [1.165, 1.54) is 24.1 Å². The molecule has 2 saturated heterocycles. The van der Waals surface area contributed by atoms with Gasteiger partial charge >= 0.3 is 0 Å². The molecule has 27 heavy (non-hydrogen) atoms. The number of rotatable bonds is 4. The second-order valence-corrected chi connectivity index (χ2v) is 8.09. The molecule has 0 N–H and O–H groups in total. The molecule has 2 aliphatic heterocycles. The van der Waals surface area contributed by atoms with Crippen LogP contribution in [0.15, 0.2) is 28.8 Å². The Balaban J connectivity index is 1.10. The van der Waals surface area contributed by atoms with Crippen LogP contribution in [0.2, 0.25) is 0 Å². The number of hydrogen-bond acceptors (Lipinski definition) is 5. The quantitative estimate of drug-likeness (QED) is 0.827. The summed E-state index contributed by atoms with van der Waals surface area (Å²) in [5.74, 6) is 0.963. The molecule has 1 aliphatic carbocycles. The van der Waals surface area contributed by atoms with E-state index in [1.54, 1.807) is 12.1 Å². The molecule has 0 saturated carbocycles. The van der Waals surface area contributed by atoms with Crippen molar-refractivity contribution in [2.45, 2.75) is 38.3 Å². The average Bonchev–Trinajstić information content (AvgIpc) is 3.08. The summed E-state index contributed by atoms with van der Waals surface area (Å²) in [4.78, 5) is 7.45. The standard InChI is InChI=1S/C21H27FN4O/c22-16-5-7-17(8-6-16)25-9-11-26(12-10-25)18-13-24(14-18)15-20-19-3-1-2-4-21(19)27-23-20/h5-8,18H,1-4,9-15H2. The van der Waals surface area contributed by atoms with Crippen molar-refractivity contribution in [1.29, 1.82) is 0 Å². The second kappa shape index (κ2) is 7.24. The highest BCUT2D eigenvalue weighted by Gasteiger charge is 2.34. The van der Waals surface area contributed by atoms with Crippen LogP contribution in [0, 0.1) is 5.82 Å². The lowest BCUT2D eigenvalue weighted by Gasteiger charge is -2.48. The van der Waals surface area contributed by atoms with E-state index in [2.05, 4.69) is 19.9 Å². The van der Waals surface area contributed by atoms with Crippen molar-refractivity contribution in [3.8, 4) is 0 Å². The third-order valence-corrected chi connectivity index (χ3v) is 6.37. The van der Waals surface area contributed by atoms with Gasteiger partial charge in [0.05, 0.1) is 0 Å². The maximum atomic E-state index is 13.1. The molecule has 5 rings (SSSR count). The van der Waals surface area contributed by atoms with Gasteiger partial charge in [-0.3, -0.25) is 9.80 Å². The van der Waals surface area contributed by atoms with Gasteiger partial charge in [-0.25, -0.2) is 4.39 Å². The minimum atomic E-state index is -0.166. The summed E-state index contributed by atoms with van der Waals surface area (Å²) >= 11 is 0. The Labute approximate surface area is 159 Å². The molecular weight excluding hydrogens is 343 g/mol. The number of hydrogen-bond donors (Lipinski definition) is 0. The molecule has 0 atom stereocenters. The summed E-state index contributed by atoms with van der Waals surface area (Å²) in [7, 11) is 0. The fourth-order valence-corrected chi connectivity index (χ4v) is 4.68. The van der Waals surface area contributed by atoms with Crippen molar-refractivity contribution in [3.63, 3.8) is 0 Å². The van der Waals surface area contributed by atoms with Crippen molar-refractivity contribution in [1.82, 2.24) is 15.0 Å². The Morgan fingerprint density at radius 3 is 2.52 bits per heavy atom. The summed E-state index contributed by atoms with van der Waals surface area (Å²) < 4.78 is 18.6. The summed E-state index contributed by atoms with van der Waals surface area (Å²) in [6.45, 7) is 7.36. The Morgan fingerprint density at radius 1 is 1.00 bits per heavy atom. The number of aryl methyl sites for hydroxylation is 1. The van der Waals surface area contributed by atoms with E-state index >= 15 is 0 Å². The van der Waals surface area contributed by atoms with Crippen LogP contribution in [0.4, 0.5) is 10.1 Å². The van der Waals surface area contributed by atoms with Gasteiger partial charge in [0.2, 0.25) is 0 Å². The minimum Gasteiger partial charge on any atom is -0.369 e. The number of nitrogens with zero attached hydrogens (tertiary/aromatic N) is 4. The summed E-state index contributed by atoms with van der Waals surface area (Å²) in [5.41, 5.74) is 3.68. The zero-order chi connectivity index (χ0) is 18.2. The van der Waals surface area contributed by atoms with Crippen LogP contribution in [0.5, 0.6) is 0 Å². The lowest BCUT2D eigenvalue weighted by Crippen LogP contribution is -2.62. The van der Waals surface area contributed by atoms with Gasteiger partial charge in [0.15, 0.2) is 0 Å². The lowest BCUT2D eigenvalue weighted by molar-refractivity contribution is 0.0242. The third kappa shape index (κ3) is 3.48. The smallest absolute Gasteiger partial charge is 0.140 e. The molecule has 144 valence electrons. The SMILES string of the molecule is Fc1ccc(N2CCN(C3CN(Cc4noc5c4CCCC5)C3)CC2)cc1. The van der Waals surface area contributed by atoms with Crippen LogP contribution in [-0.4, -0.2) is 60.3 Å². The highest BCUT2D eigenvalue weighted by molar-refractivity contribution is 5.46. The second-order valence-electron chi connectivity index (χ2n) is 8.09. The lowest BCUT2D eigenvalue weighted by atomic mass is 9.95. The van der Waals surface area contributed by atoms with Crippen LogP contribution in [-0.2, 0) is 19.4 Å². The Morgan fingerprint density at radius 2 is 1.74 bits per heavy atom. The predicted molar refractivity (Wildman–Crippen MR) is 102 cm³/mol. The molecular formula is C21H27FN4O. The van der Waals surface area contributed by atoms with E-state index in [9.17, 15) is 4.39 Å². The van der Waals surface area contributed by atoms with Crippen LogP contribution in [0.3, 0.4) is 0 Å². The van der Waals surface area contributed by atoms with Crippen molar-refractivity contribution in [2.24, 2.45) is 0 Å². The Kier molecular flexibility index (Phi) is 4.61. The summed E-state index contributed by atoms with van der Waals surface area (Å²) in [6, 6.07) is 7.52. The van der Waals surface area contributed by atoms with Gasteiger partial charge in [0, 0.05) is 69.5 Å². The van der Waals surface area contributed by atoms with Crippen LogP contribution >= 0.6 is 0 Å². The van der Waals surface area contributed by atoms with E-state index in [1.807, 2.05) is 12.1 Å². The number of piperazine rings is 1. The largest absolute Gasteiger partial charge is 0.369 e. The van der Waals surface area contributed by atoms with Gasteiger partial charge in [-0.15, -0.1) is 0 Å².